The van der Waals surface area contributed by atoms with E-state index < -0.39 is 40.4 Å². The summed E-state index contributed by atoms with van der Waals surface area (Å²) in [5.74, 6) is -1.16. The fourth-order valence-corrected chi connectivity index (χ4v) is 4.29. The first kappa shape index (κ1) is 23.5. The van der Waals surface area contributed by atoms with Crippen LogP contribution in [0.2, 0.25) is 0 Å². The Morgan fingerprint density at radius 3 is 2.32 bits per heavy atom. The van der Waals surface area contributed by atoms with Gasteiger partial charge in [-0.1, -0.05) is 54.6 Å². The van der Waals surface area contributed by atoms with Crippen molar-refractivity contribution in [2.75, 3.05) is 7.11 Å². The average Bonchev–Trinajstić information content (AvgIpc) is 3.32. The van der Waals surface area contributed by atoms with Gasteiger partial charge in [-0.15, -0.1) is 0 Å². The Kier molecular flexibility index (Phi) is 5.97. The molecule has 0 aliphatic carbocycles. The fourth-order valence-electron chi connectivity index (χ4n) is 4.29. The highest BCUT2D eigenvalue weighted by atomic mass is 19.4. The van der Waals surface area contributed by atoms with Crippen LogP contribution in [0.3, 0.4) is 0 Å². The highest BCUT2D eigenvalue weighted by Crippen LogP contribution is 2.51. The lowest BCUT2D eigenvalue weighted by molar-refractivity contribution is -0.248. The Bertz CT molecular complexity index is 1350. The first-order valence-electron chi connectivity index (χ1n) is 10.4. The molecule has 0 fully saturated rings. The minimum atomic E-state index is -5.24. The van der Waals surface area contributed by atoms with Crippen molar-refractivity contribution in [1.29, 1.82) is 0 Å². The van der Waals surface area contributed by atoms with Crippen molar-refractivity contribution in [3.05, 3.63) is 101 Å². The van der Waals surface area contributed by atoms with E-state index in [0.29, 0.717) is 11.1 Å². The number of Topliss-reactive ketones (excluding diaryl/α,β-unsaturated/α-hetero) is 1. The molecule has 0 aliphatic heterocycles. The molecule has 3 N–H and O–H groups in total. The van der Waals surface area contributed by atoms with Crippen molar-refractivity contribution >= 4 is 16.7 Å². The molecule has 0 bridgehead atoms. The molecule has 1 heterocycles. The number of carbonyl (C=O) groups excluding carboxylic acids is 1. The summed E-state index contributed by atoms with van der Waals surface area (Å²) in [5.41, 5.74) is -4.08. The Labute approximate surface area is 193 Å². The number of halogens is 3. The average molecular weight is 469 g/mol. The number of ether oxygens (including phenoxy) is 1. The highest BCUT2D eigenvalue weighted by molar-refractivity contribution is 6.02. The molecule has 0 saturated carbocycles. The van der Waals surface area contributed by atoms with Crippen molar-refractivity contribution in [2.45, 2.75) is 24.8 Å². The zero-order valence-corrected chi connectivity index (χ0v) is 18.4. The first-order chi connectivity index (χ1) is 16.1. The third-order valence-corrected chi connectivity index (χ3v) is 5.94. The van der Waals surface area contributed by atoms with Crippen LogP contribution < -0.4 is 4.74 Å². The lowest BCUT2D eigenvalue weighted by Crippen LogP contribution is -2.45. The van der Waals surface area contributed by atoms with E-state index in [1.165, 1.54) is 49.7 Å². The molecule has 8 heteroatoms. The number of alkyl halides is 3. The zero-order chi connectivity index (χ0) is 24.7. The summed E-state index contributed by atoms with van der Waals surface area (Å²) in [6, 6.07) is 15.6. The predicted molar refractivity (Wildman–Crippen MR) is 121 cm³/mol. The Balaban J connectivity index is 2.01. The minimum absolute atomic E-state index is 0.0996. The van der Waals surface area contributed by atoms with Gasteiger partial charge in [-0.3, -0.25) is 4.79 Å². The van der Waals surface area contributed by atoms with Crippen molar-refractivity contribution in [3.63, 3.8) is 0 Å². The standard InChI is InChI=1S/C26H22F3NO4/c1-15-14-20(34-2)21(18-12-13-30-22(15)18)25(33,26(27,28)29)19-11-7-6-10-17(19)24(32)23(31)16-8-4-3-5-9-16/h3-14,23,30-31,33H,1-2H3. The summed E-state index contributed by atoms with van der Waals surface area (Å²) in [5, 5.41) is 22.3. The van der Waals surface area contributed by atoms with Crippen LogP contribution >= 0.6 is 0 Å². The lowest BCUT2D eigenvalue weighted by Gasteiger charge is -2.34. The molecule has 4 aromatic rings. The zero-order valence-electron chi connectivity index (χ0n) is 18.4. The lowest BCUT2D eigenvalue weighted by atomic mass is 9.79. The van der Waals surface area contributed by atoms with Crippen LogP contribution in [0.25, 0.3) is 10.9 Å². The first-order valence-corrected chi connectivity index (χ1v) is 10.4. The summed E-state index contributed by atoms with van der Waals surface area (Å²) >= 11 is 0. The summed E-state index contributed by atoms with van der Waals surface area (Å²) < 4.78 is 49.7. The summed E-state index contributed by atoms with van der Waals surface area (Å²) in [6.45, 7) is 1.70. The van der Waals surface area contributed by atoms with E-state index in [1.807, 2.05) is 0 Å². The summed E-state index contributed by atoms with van der Waals surface area (Å²) in [6.07, 6.45) is -5.49. The smallest absolute Gasteiger partial charge is 0.425 e. The fraction of sp³-hybridized carbons (Fsp3) is 0.192. The highest BCUT2D eigenvalue weighted by Gasteiger charge is 2.59. The Hall–Kier alpha value is -3.62. The van der Waals surface area contributed by atoms with Gasteiger partial charge >= 0.3 is 6.18 Å². The van der Waals surface area contributed by atoms with Gasteiger partial charge < -0.3 is 19.9 Å². The number of aryl methyl sites for hydroxylation is 1. The molecule has 2 unspecified atom stereocenters. The predicted octanol–water partition coefficient (Wildman–Crippen LogP) is 5.20. The molecule has 34 heavy (non-hydrogen) atoms. The van der Waals surface area contributed by atoms with E-state index in [9.17, 15) is 28.2 Å². The van der Waals surface area contributed by atoms with Gasteiger partial charge in [-0.05, 0) is 30.2 Å². The van der Waals surface area contributed by atoms with Gasteiger partial charge in [0.05, 0.1) is 7.11 Å². The Morgan fingerprint density at radius 2 is 1.68 bits per heavy atom. The van der Waals surface area contributed by atoms with Gasteiger partial charge in [-0.25, -0.2) is 0 Å². The van der Waals surface area contributed by atoms with Crippen molar-refractivity contribution in [2.24, 2.45) is 0 Å². The number of aromatic nitrogens is 1. The van der Waals surface area contributed by atoms with E-state index in [2.05, 4.69) is 4.98 Å². The van der Waals surface area contributed by atoms with Gasteiger partial charge in [0.1, 0.15) is 11.9 Å². The summed E-state index contributed by atoms with van der Waals surface area (Å²) in [4.78, 5) is 16.1. The molecule has 3 aromatic carbocycles. The molecule has 176 valence electrons. The molecular formula is C26H22F3NO4. The molecule has 0 radical (unpaired) electrons. The van der Waals surface area contributed by atoms with E-state index in [1.54, 1.807) is 25.1 Å². The van der Waals surface area contributed by atoms with Crippen LogP contribution in [0, 0.1) is 6.92 Å². The second-order valence-corrected chi connectivity index (χ2v) is 7.97. The second-order valence-electron chi connectivity index (χ2n) is 7.97. The van der Waals surface area contributed by atoms with E-state index >= 15 is 0 Å². The van der Waals surface area contributed by atoms with Crippen molar-refractivity contribution < 1.29 is 32.9 Å². The number of methoxy groups -OCH3 is 1. The van der Waals surface area contributed by atoms with Gasteiger partial charge in [0.15, 0.2) is 5.78 Å². The van der Waals surface area contributed by atoms with Crippen molar-refractivity contribution in [3.8, 4) is 5.75 Å². The quantitative estimate of drug-likeness (QED) is 0.339. The summed E-state index contributed by atoms with van der Waals surface area (Å²) in [7, 11) is 1.21. The number of aromatic amines is 1. The number of rotatable bonds is 6. The molecule has 0 spiro atoms. The maximum absolute atomic E-state index is 14.8. The molecule has 1 aromatic heterocycles. The number of benzene rings is 3. The molecule has 0 aliphatic rings. The maximum Gasteiger partial charge on any atom is 0.425 e. The van der Waals surface area contributed by atoms with Gasteiger partial charge in [0, 0.05) is 33.8 Å². The number of aliphatic hydroxyl groups excluding tert-OH is 1. The molecule has 2 atom stereocenters. The number of nitrogens with one attached hydrogen (secondary N) is 1. The number of hydrogen-bond acceptors (Lipinski definition) is 4. The molecule has 5 nitrogen and oxygen atoms in total. The van der Waals surface area contributed by atoms with Crippen LogP contribution in [-0.4, -0.2) is 34.3 Å². The monoisotopic (exact) mass is 469 g/mol. The largest absolute Gasteiger partial charge is 0.496 e. The number of aliphatic hydroxyl groups is 2. The van der Waals surface area contributed by atoms with Crippen LogP contribution in [0.5, 0.6) is 5.75 Å². The number of carbonyl (C=O) groups is 1. The van der Waals surface area contributed by atoms with Crippen LogP contribution in [0.1, 0.15) is 38.7 Å². The topological polar surface area (TPSA) is 82.5 Å². The third-order valence-electron chi connectivity index (χ3n) is 5.94. The molecule has 0 amide bonds. The third kappa shape index (κ3) is 3.65. The van der Waals surface area contributed by atoms with E-state index in [0.717, 1.165) is 12.1 Å². The van der Waals surface area contributed by atoms with Crippen LogP contribution in [0.15, 0.2) is 72.9 Å². The second kappa shape index (κ2) is 8.62. The van der Waals surface area contributed by atoms with Crippen LogP contribution in [0.4, 0.5) is 13.2 Å². The maximum atomic E-state index is 14.8. The van der Waals surface area contributed by atoms with Gasteiger partial charge in [-0.2, -0.15) is 13.2 Å². The number of H-pyrrole nitrogens is 1. The number of fused-ring (bicyclic) bond motifs is 1. The molecule has 0 saturated heterocycles. The van der Waals surface area contributed by atoms with Gasteiger partial charge in [0.25, 0.3) is 0 Å². The van der Waals surface area contributed by atoms with Crippen LogP contribution in [-0.2, 0) is 5.60 Å². The van der Waals surface area contributed by atoms with E-state index in [-0.39, 0.29) is 16.7 Å². The van der Waals surface area contributed by atoms with E-state index in [4.69, 9.17) is 4.74 Å². The number of hydrogen-bond donors (Lipinski definition) is 3. The SMILES string of the molecule is COc1cc(C)c2[nH]ccc2c1C(O)(c1ccccc1C(=O)C(O)c1ccccc1)C(F)(F)F. The minimum Gasteiger partial charge on any atom is -0.496 e. The number of ketones is 1. The molecular weight excluding hydrogens is 447 g/mol. The normalized spacial score (nSPS) is 14.6. The molecule has 4 rings (SSSR count). The Morgan fingerprint density at radius 1 is 1.03 bits per heavy atom. The van der Waals surface area contributed by atoms with Gasteiger partial charge in [0.2, 0.25) is 5.60 Å². The van der Waals surface area contributed by atoms with Crippen molar-refractivity contribution in [1.82, 2.24) is 4.98 Å².